The molecule has 0 aliphatic carbocycles. The monoisotopic (exact) mass is 533 g/mol. The van der Waals surface area contributed by atoms with Gasteiger partial charge in [0, 0.05) is 30.2 Å². The van der Waals surface area contributed by atoms with Crippen LogP contribution in [0.15, 0.2) is 83.2 Å². The number of pyridine rings is 2. The van der Waals surface area contributed by atoms with Crippen molar-refractivity contribution in [3.8, 4) is 11.3 Å². The highest BCUT2D eigenvalue weighted by atomic mass is 32.2. The number of imidazole rings is 1. The van der Waals surface area contributed by atoms with E-state index in [-0.39, 0.29) is 0 Å². The molecule has 0 bridgehead atoms. The quantitative estimate of drug-likeness (QED) is 0.328. The van der Waals surface area contributed by atoms with Crippen LogP contribution in [-0.4, -0.2) is 66.3 Å². The minimum atomic E-state index is 0.691. The lowest BCUT2D eigenvalue weighted by Crippen LogP contribution is -2.36. The molecule has 192 valence electrons. The number of hydrogen-bond acceptors (Lipinski definition) is 9. The highest BCUT2D eigenvalue weighted by molar-refractivity contribution is 7.99. The summed E-state index contributed by atoms with van der Waals surface area (Å²) in [5.74, 6) is 0. The summed E-state index contributed by atoms with van der Waals surface area (Å²) >= 11 is 1.44. The largest absolute Gasteiger partial charge is 0.378 e. The van der Waals surface area contributed by atoms with E-state index in [0.717, 1.165) is 68.0 Å². The highest BCUT2D eigenvalue weighted by Crippen LogP contribution is 2.32. The van der Waals surface area contributed by atoms with Gasteiger partial charge in [-0.3, -0.25) is 0 Å². The van der Waals surface area contributed by atoms with Crippen LogP contribution >= 0.6 is 11.8 Å². The number of morpholine rings is 1. The molecule has 10 nitrogen and oxygen atoms in total. The van der Waals surface area contributed by atoms with E-state index in [1.807, 2.05) is 71.5 Å². The molecule has 1 aromatic carbocycles. The first-order valence-corrected chi connectivity index (χ1v) is 13.4. The lowest BCUT2D eigenvalue weighted by molar-refractivity contribution is 0.123. The van der Waals surface area contributed by atoms with Gasteiger partial charge >= 0.3 is 0 Å². The number of fused-ring (bicyclic) bond motifs is 2. The molecule has 1 N–H and O–H groups in total. The van der Waals surface area contributed by atoms with Crippen LogP contribution in [0.5, 0.6) is 0 Å². The third-order valence-corrected chi connectivity index (χ3v) is 7.38. The Morgan fingerprint density at radius 3 is 2.67 bits per heavy atom. The van der Waals surface area contributed by atoms with Gasteiger partial charge in [0.1, 0.15) is 15.7 Å². The lowest BCUT2D eigenvalue weighted by Gasteiger charge is -2.28. The predicted octanol–water partition coefficient (Wildman–Crippen LogP) is 4.62. The molecule has 6 heterocycles. The number of ether oxygens (including phenoxy) is 1. The van der Waals surface area contributed by atoms with Gasteiger partial charge in [-0.1, -0.05) is 24.3 Å². The molecule has 7 rings (SSSR count). The van der Waals surface area contributed by atoms with Gasteiger partial charge in [0.15, 0.2) is 5.65 Å². The summed E-state index contributed by atoms with van der Waals surface area (Å²) in [6.45, 7) is 3.00. The summed E-state index contributed by atoms with van der Waals surface area (Å²) < 4.78 is 7.48. The fourth-order valence-corrected chi connectivity index (χ4v) is 5.30. The first-order valence-electron chi connectivity index (χ1n) is 12.6. The Morgan fingerprint density at radius 2 is 1.82 bits per heavy atom. The summed E-state index contributed by atoms with van der Waals surface area (Å²) in [6, 6.07) is 18.2. The minimum absolute atomic E-state index is 0.691. The molecule has 0 unspecified atom stereocenters. The molecule has 1 aliphatic heterocycles. The summed E-state index contributed by atoms with van der Waals surface area (Å²) in [4.78, 5) is 16.8. The maximum atomic E-state index is 5.57. The number of aromatic amines is 1. The fourth-order valence-electron chi connectivity index (χ4n) is 4.66. The number of aromatic nitrogens is 8. The Morgan fingerprint density at radius 1 is 0.897 bits per heavy atom. The molecule has 0 amide bonds. The second-order valence-electron chi connectivity index (χ2n) is 8.95. The molecule has 0 atom stereocenters. The van der Waals surface area contributed by atoms with E-state index in [1.54, 1.807) is 6.20 Å². The van der Waals surface area contributed by atoms with Crippen molar-refractivity contribution < 1.29 is 4.74 Å². The third kappa shape index (κ3) is 4.73. The number of nitrogens with zero attached hydrogens (tertiary/aromatic N) is 8. The molecule has 6 aromatic rings. The molecule has 0 saturated carbocycles. The third-order valence-electron chi connectivity index (χ3n) is 6.52. The topological polar surface area (TPSA) is 110 Å². The number of H-pyrrole nitrogens is 1. The van der Waals surface area contributed by atoms with Crippen molar-refractivity contribution in [2.45, 2.75) is 10.1 Å². The number of anilines is 1. The molecule has 11 heteroatoms. The Balaban J connectivity index is 1.31. The smallest absolute Gasteiger partial charge is 0.178 e. The SMILES string of the molecule is C(=C\c1nc2c(N3CCOCC3)ccnn2c1-c1ccc(Sc2cn[nH]n2)nc1)/c1ccc2ccccc2n1. The number of hydrogen-bond donors (Lipinski definition) is 1. The molecule has 1 saturated heterocycles. The van der Waals surface area contributed by atoms with Crippen LogP contribution < -0.4 is 4.90 Å². The van der Waals surface area contributed by atoms with E-state index >= 15 is 0 Å². The van der Waals surface area contributed by atoms with Gasteiger partial charge in [-0.15, -0.1) is 5.10 Å². The summed E-state index contributed by atoms with van der Waals surface area (Å²) in [5, 5.41) is 18.0. The zero-order chi connectivity index (χ0) is 26.0. The van der Waals surface area contributed by atoms with E-state index in [2.05, 4.69) is 37.4 Å². The number of benzene rings is 1. The van der Waals surface area contributed by atoms with Crippen LogP contribution in [0.1, 0.15) is 11.4 Å². The van der Waals surface area contributed by atoms with Crippen molar-refractivity contribution in [3.63, 3.8) is 0 Å². The van der Waals surface area contributed by atoms with Gasteiger partial charge in [0.25, 0.3) is 0 Å². The van der Waals surface area contributed by atoms with Crippen LogP contribution in [0, 0.1) is 0 Å². The van der Waals surface area contributed by atoms with E-state index < -0.39 is 0 Å². The van der Waals surface area contributed by atoms with Gasteiger partial charge in [-0.25, -0.2) is 19.5 Å². The van der Waals surface area contributed by atoms with Gasteiger partial charge in [-0.05, 0) is 54.2 Å². The van der Waals surface area contributed by atoms with Crippen molar-refractivity contribution in [1.82, 2.24) is 40.0 Å². The number of rotatable bonds is 6. The maximum Gasteiger partial charge on any atom is 0.178 e. The Hall–Kier alpha value is -4.61. The number of para-hydroxylation sites is 1. The number of nitrogens with one attached hydrogen (secondary N) is 1. The van der Waals surface area contributed by atoms with Crippen LogP contribution in [-0.2, 0) is 4.74 Å². The Labute approximate surface area is 227 Å². The maximum absolute atomic E-state index is 5.57. The van der Waals surface area contributed by atoms with Crippen molar-refractivity contribution in [1.29, 1.82) is 0 Å². The van der Waals surface area contributed by atoms with E-state index in [9.17, 15) is 0 Å². The molecular weight excluding hydrogens is 510 g/mol. The van der Waals surface area contributed by atoms with Gasteiger partial charge in [0.05, 0.1) is 48.2 Å². The molecular formula is C28H23N9OS. The first-order chi connectivity index (χ1) is 19.3. The molecule has 0 radical (unpaired) electrons. The molecule has 5 aromatic heterocycles. The van der Waals surface area contributed by atoms with Crippen LogP contribution in [0.2, 0.25) is 0 Å². The standard InChI is InChI=1S/C28H23N9OS/c1-2-4-22-19(3-1)5-7-21(32-22)8-9-23-27(20-6-10-25(29-17-20)39-26-18-30-35-34-26)37-28(33-23)24(11-12-31-37)36-13-15-38-16-14-36/h1-12,17-18H,13-16H2,(H,30,34,35)/b9-8+. The van der Waals surface area contributed by atoms with Crippen LogP contribution in [0.25, 0.3) is 40.0 Å². The summed E-state index contributed by atoms with van der Waals surface area (Å²) in [5.41, 5.74) is 6.20. The van der Waals surface area contributed by atoms with Crippen molar-refractivity contribution >= 4 is 46.2 Å². The Kier molecular flexibility index (Phi) is 6.19. The van der Waals surface area contributed by atoms with E-state index in [0.29, 0.717) is 13.2 Å². The summed E-state index contributed by atoms with van der Waals surface area (Å²) in [7, 11) is 0. The van der Waals surface area contributed by atoms with Crippen LogP contribution in [0.3, 0.4) is 0 Å². The van der Waals surface area contributed by atoms with Crippen molar-refractivity contribution in [2.24, 2.45) is 0 Å². The zero-order valence-corrected chi connectivity index (χ0v) is 21.6. The van der Waals surface area contributed by atoms with Crippen LogP contribution in [0.4, 0.5) is 5.69 Å². The fraction of sp³-hybridized carbons (Fsp3) is 0.143. The second kappa shape index (κ2) is 10.3. The highest BCUT2D eigenvalue weighted by Gasteiger charge is 2.21. The Bertz CT molecular complexity index is 1780. The second-order valence-corrected chi connectivity index (χ2v) is 10.00. The lowest BCUT2D eigenvalue weighted by atomic mass is 10.1. The summed E-state index contributed by atoms with van der Waals surface area (Å²) in [6.07, 6.45) is 9.34. The average Bonchev–Trinajstić information content (AvgIpc) is 3.64. The average molecular weight is 534 g/mol. The van der Waals surface area contributed by atoms with Gasteiger partial charge < -0.3 is 9.64 Å². The van der Waals surface area contributed by atoms with Gasteiger partial charge in [0.2, 0.25) is 0 Å². The molecule has 0 spiro atoms. The zero-order valence-electron chi connectivity index (χ0n) is 20.8. The van der Waals surface area contributed by atoms with E-state index in [1.165, 1.54) is 11.8 Å². The van der Waals surface area contributed by atoms with Gasteiger partial charge in [-0.2, -0.15) is 15.4 Å². The molecule has 1 fully saturated rings. The minimum Gasteiger partial charge on any atom is -0.378 e. The molecule has 1 aliphatic rings. The molecule has 39 heavy (non-hydrogen) atoms. The van der Waals surface area contributed by atoms with E-state index in [4.69, 9.17) is 19.8 Å². The normalized spacial score (nSPS) is 14.1. The predicted molar refractivity (Wildman–Crippen MR) is 150 cm³/mol. The van der Waals surface area contributed by atoms with Crippen molar-refractivity contribution in [2.75, 3.05) is 31.2 Å². The van der Waals surface area contributed by atoms with Crippen molar-refractivity contribution in [3.05, 3.63) is 84.6 Å². The first kappa shape index (κ1) is 23.5.